The highest BCUT2D eigenvalue weighted by molar-refractivity contribution is 6.00. The fraction of sp³-hybridized carbons (Fsp3) is 0.375. The summed E-state index contributed by atoms with van der Waals surface area (Å²) in [7, 11) is 3.30. The van der Waals surface area contributed by atoms with Gasteiger partial charge in [-0.2, -0.15) is 5.10 Å². The fourth-order valence-electron chi connectivity index (χ4n) is 3.61. The number of benzene rings is 1. The molecule has 170 valence electrons. The van der Waals surface area contributed by atoms with E-state index in [-0.39, 0.29) is 12.5 Å². The van der Waals surface area contributed by atoms with E-state index in [0.717, 1.165) is 29.8 Å². The maximum atomic E-state index is 12.9. The number of hydrogen-bond acceptors (Lipinski definition) is 5. The van der Waals surface area contributed by atoms with Crippen LogP contribution in [0.2, 0.25) is 0 Å². The lowest BCUT2D eigenvalue weighted by molar-refractivity contribution is 0.0387. The summed E-state index contributed by atoms with van der Waals surface area (Å²) >= 11 is 0. The van der Waals surface area contributed by atoms with E-state index < -0.39 is 5.97 Å². The minimum absolute atomic E-state index is 0.156. The maximum absolute atomic E-state index is 12.9. The number of ether oxygens (including phenoxy) is 2. The molecule has 0 unspecified atom stereocenters. The summed E-state index contributed by atoms with van der Waals surface area (Å²) in [5.74, 6) is -0.611. The molecule has 2 aromatic heterocycles. The molecule has 2 heterocycles. The van der Waals surface area contributed by atoms with Crippen LogP contribution in [0.3, 0.4) is 0 Å². The van der Waals surface area contributed by atoms with E-state index in [1.165, 1.54) is 0 Å². The van der Waals surface area contributed by atoms with E-state index in [1.807, 2.05) is 36.4 Å². The fourth-order valence-corrected chi connectivity index (χ4v) is 3.61. The van der Waals surface area contributed by atoms with Crippen molar-refractivity contribution in [3.05, 3.63) is 64.6 Å². The van der Waals surface area contributed by atoms with Gasteiger partial charge in [0, 0.05) is 37.7 Å². The van der Waals surface area contributed by atoms with Crippen molar-refractivity contribution in [1.82, 2.24) is 20.1 Å². The number of esters is 1. The minimum atomic E-state index is -0.455. The number of rotatable bonds is 10. The van der Waals surface area contributed by atoms with Crippen molar-refractivity contribution < 1.29 is 19.1 Å². The maximum Gasteiger partial charge on any atom is 0.340 e. The molecule has 0 bridgehead atoms. The zero-order chi connectivity index (χ0) is 23.1. The van der Waals surface area contributed by atoms with E-state index in [0.29, 0.717) is 35.7 Å². The average Bonchev–Trinajstić information content (AvgIpc) is 3.38. The number of aryl methyl sites for hydroxylation is 2. The highest BCUT2D eigenvalue weighted by Gasteiger charge is 2.24. The molecule has 8 heteroatoms. The van der Waals surface area contributed by atoms with Gasteiger partial charge in [0.2, 0.25) is 0 Å². The summed E-state index contributed by atoms with van der Waals surface area (Å²) in [6.07, 6.45) is 1.56. The van der Waals surface area contributed by atoms with Crippen LogP contribution in [0, 0.1) is 13.8 Å². The van der Waals surface area contributed by atoms with Gasteiger partial charge in [0.25, 0.3) is 5.91 Å². The molecule has 0 saturated heterocycles. The predicted octanol–water partition coefficient (Wildman–Crippen LogP) is 3.53. The Morgan fingerprint density at radius 3 is 2.59 bits per heavy atom. The second kappa shape index (κ2) is 10.8. The van der Waals surface area contributed by atoms with Crippen molar-refractivity contribution in [3.63, 3.8) is 0 Å². The van der Waals surface area contributed by atoms with Crippen LogP contribution in [0.25, 0.3) is 11.3 Å². The largest absolute Gasteiger partial charge is 0.460 e. The van der Waals surface area contributed by atoms with Crippen molar-refractivity contribution in [3.8, 4) is 11.3 Å². The topological polar surface area (TPSA) is 100 Å². The number of amides is 1. The van der Waals surface area contributed by atoms with Gasteiger partial charge in [-0.1, -0.05) is 30.3 Å². The van der Waals surface area contributed by atoms with Crippen LogP contribution in [-0.4, -0.2) is 65.9 Å². The molecule has 3 rings (SSSR count). The van der Waals surface area contributed by atoms with Crippen LogP contribution in [-0.2, 0) is 15.9 Å². The van der Waals surface area contributed by atoms with Gasteiger partial charge in [-0.15, -0.1) is 0 Å². The minimum Gasteiger partial charge on any atom is -0.460 e. The van der Waals surface area contributed by atoms with E-state index in [1.54, 1.807) is 32.9 Å². The zero-order valence-electron chi connectivity index (χ0n) is 19.0. The molecule has 0 atom stereocenters. The summed E-state index contributed by atoms with van der Waals surface area (Å²) in [6, 6.07) is 12.0. The molecule has 1 aromatic carbocycles. The van der Waals surface area contributed by atoms with Crippen LogP contribution in [0.15, 0.2) is 36.4 Å². The van der Waals surface area contributed by atoms with Gasteiger partial charge in [0.15, 0.2) is 0 Å². The van der Waals surface area contributed by atoms with Crippen LogP contribution in [0.1, 0.15) is 44.2 Å². The van der Waals surface area contributed by atoms with Crippen molar-refractivity contribution in [1.29, 1.82) is 0 Å². The van der Waals surface area contributed by atoms with E-state index in [2.05, 4.69) is 15.2 Å². The highest BCUT2D eigenvalue weighted by Crippen LogP contribution is 2.21. The Morgan fingerprint density at radius 2 is 1.88 bits per heavy atom. The third-order valence-corrected chi connectivity index (χ3v) is 5.36. The first kappa shape index (κ1) is 23.3. The number of nitrogens with one attached hydrogen (secondary N) is 2. The Labute approximate surface area is 187 Å². The van der Waals surface area contributed by atoms with E-state index >= 15 is 0 Å². The quantitative estimate of drug-likeness (QED) is 0.373. The highest BCUT2D eigenvalue weighted by atomic mass is 16.6. The van der Waals surface area contributed by atoms with Crippen molar-refractivity contribution in [2.75, 3.05) is 33.9 Å². The molecule has 0 aliphatic rings. The lowest BCUT2D eigenvalue weighted by Gasteiger charge is -2.16. The van der Waals surface area contributed by atoms with Gasteiger partial charge >= 0.3 is 5.97 Å². The van der Waals surface area contributed by atoms with Gasteiger partial charge in [-0.05, 0) is 38.3 Å². The van der Waals surface area contributed by atoms with Gasteiger partial charge in [-0.3, -0.25) is 9.89 Å². The number of aromatic nitrogens is 3. The number of nitrogens with zero attached hydrogens (tertiary/aromatic N) is 2. The zero-order valence-corrected chi connectivity index (χ0v) is 19.0. The molecule has 0 fully saturated rings. The van der Waals surface area contributed by atoms with Gasteiger partial charge in [-0.25, -0.2) is 4.79 Å². The molecular weight excluding hydrogens is 408 g/mol. The Bertz CT molecular complexity index is 1060. The Hall–Kier alpha value is -3.39. The molecule has 0 aliphatic carbocycles. The molecule has 0 spiro atoms. The SMILES string of the molecule is COCCOC(=O)c1c(C)[nH]c(C(=O)N(C)CCCc2cc(-c3ccccc3)n[nH]2)c1C. The normalized spacial score (nSPS) is 10.9. The van der Waals surface area contributed by atoms with Crippen LogP contribution in [0.4, 0.5) is 0 Å². The summed E-state index contributed by atoms with van der Waals surface area (Å²) in [4.78, 5) is 30.0. The van der Waals surface area contributed by atoms with Gasteiger partial charge < -0.3 is 19.4 Å². The summed E-state index contributed by atoms with van der Waals surface area (Å²) < 4.78 is 10.1. The summed E-state index contributed by atoms with van der Waals surface area (Å²) in [6.45, 7) is 4.59. The van der Waals surface area contributed by atoms with Crippen molar-refractivity contribution >= 4 is 11.9 Å². The number of carbonyl (C=O) groups is 2. The average molecular weight is 439 g/mol. The van der Waals surface area contributed by atoms with Crippen LogP contribution in [0.5, 0.6) is 0 Å². The first-order valence-electron chi connectivity index (χ1n) is 10.6. The van der Waals surface area contributed by atoms with Crippen molar-refractivity contribution in [2.45, 2.75) is 26.7 Å². The second-order valence-corrected chi connectivity index (χ2v) is 7.73. The van der Waals surface area contributed by atoms with Crippen LogP contribution >= 0.6 is 0 Å². The third kappa shape index (κ3) is 5.45. The smallest absolute Gasteiger partial charge is 0.340 e. The molecular formula is C24H30N4O4. The van der Waals surface area contributed by atoms with Gasteiger partial charge in [0.05, 0.1) is 17.9 Å². The first-order valence-corrected chi connectivity index (χ1v) is 10.6. The second-order valence-electron chi connectivity index (χ2n) is 7.73. The third-order valence-electron chi connectivity index (χ3n) is 5.36. The molecule has 8 nitrogen and oxygen atoms in total. The number of aromatic amines is 2. The molecule has 3 aromatic rings. The monoisotopic (exact) mass is 438 g/mol. The molecule has 0 saturated carbocycles. The van der Waals surface area contributed by atoms with Gasteiger partial charge in [0.1, 0.15) is 12.3 Å². The number of methoxy groups -OCH3 is 1. The Morgan fingerprint density at radius 1 is 1.12 bits per heavy atom. The van der Waals surface area contributed by atoms with Crippen LogP contribution < -0.4 is 0 Å². The molecule has 1 amide bonds. The Balaban J connectivity index is 1.56. The standard InChI is InChI=1S/C24H30N4O4/c1-16-21(24(30)32-14-13-31-4)17(2)25-22(16)23(29)28(3)12-8-11-19-15-20(27-26-19)18-9-6-5-7-10-18/h5-7,9-10,15,25H,8,11-14H2,1-4H3,(H,26,27). The lowest BCUT2D eigenvalue weighted by Crippen LogP contribution is -2.29. The molecule has 32 heavy (non-hydrogen) atoms. The predicted molar refractivity (Wildman–Crippen MR) is 122 cm³/mol. The Kier molecular flexibility index (Phi) is 7.83. The summed E-state index contributed by atoms with van der Waals surface area (Å²) in [5.41, 5.74) is 5.04. The lowest BCUT2D eigenvalue weighted by atomic mass is 10.1. The van der Waals surface area contributed by atoms with E-state index in [4.69, 9.17) is 9.47 Å². The number of hydrogen-bond donors (Lipinski definition) is 2. The number of carbonyl (C=O) groups excluding carboxylic acids is 2. The molecule has 0 aliphatic heterocycles. The first-order chi connectivity index (χ1) is 15.4. The van der Waals surface area contributed by atoms with E-state index in [9.17, 15) is 9.59 Å². The molecule has 2 N–H and O–H groups in total. The molecule has 0 radical (unpaired) electrons. The number of H-pyrrole nitrogens is 2. The summed E-state index contributed by atoms with van der Waals surface area (Å²) in [5, 5.41) is 7.44. The van der Waals surface area contributed by atoms with Crippen molar-refractivity contribution in [2.24, 2.45) is 0 Å².